The van der Waals surface area contributed by atoms with E-state index >= 15 is 0 Å². The minimum absolute atomic E-state index is 0.0924. The lowest BCUT2D eigenvalue weighted by molar-refractivity contribution is 0.101. The van der Waals surface area contributed by atoms with Crippen LogP contribution in [0.15, 0.2) is 29.5 Å². The lowest BCUT2D eigenvalue weighted by Crippen LogP contribution is -2.18. The first kappa shape index (κ1) is 7.24. The molecule has 2 heterocycles. The molecule has 1 aromatic rings. The first-order valence-electron chi connectivity index (χ1n) is 3.75. The summed E-state index contributed by atoms with van der Waals surface area (Å²) in [5.74, 6) is 0. The Labute approximate surface area is 70.5 Å². The quantitative estimate of drug-likeness (QED) is 0.624. The number of pyridine rings is 1. The molecule has 4 heteroatoms. The molecule has 1 unspecified atom stereocenters. The predicted molar refractivity (Wildman–Crippen MR) is 45.8 cm³/mol. The van der Waals surface area contributed by atoms with Crippen molar-refractivity contribution in [3.8, 4) is 0 Å². The van der Waals surface area contributed by atoms with Crippen LogP contribution in [0, 0.1) is 0 Å². The summed E-state index contributed by atoms with van der Waals surface area (Å²) in [5.41, 5.74) is 0.894. The van der Waals surface area contributed by atoms with Crippen LogP contribution in [0.2, 0.25) is 0 Å². The number of rotatable bonds is 1. The molecule has 0 bridgehead atoms. The molecule has 2 rings (SSSR count). The average molecular weight is 163 g/mol. The van der Waals surface area contributed by atoms with Crippen LogP contribution in [0.4, 0.5) is 5.69 Å². The highest BCUT2D eigenvalue weighted by Crippen LogP contribution is 2.15. The van der Waals surface area contributed by atoms with Gasteiger partial charge in [0.05, 0.1) is 11.9 Å². The van der Waals surface area contributed by atoms with Gasteiger partial charge in [-0.05, 0) is 19.1 Å². The summed E-state index contributed by atoms with van der Waals surface area (Å²) >= 11 is 0. The SMILES string of the molecule is CC1N=CN(c2cccnc2)O1. The average Bonchev–Trinajstić information content (AvgIpc) is 2.54. The molecule has 1 aliphatic rings. The second kappa shape index (κ2) is 2.91. The van der Waals surface area contributed by atoms with E-state index in [4.69, 9.17) is 4.84 Å². The molecule has 12 heavy (non-hydrogen) atoms. The monoisotopic (exact) mass is 163 g/mol. The second-order valence-electron chi connectivity index (χ2n) is 2.51. The van der Waals surface area contributed by atoms with Crippen molar-refractivity contribution in [2.75, 3.05) is 5.06 Å². The minimum atomic E-state index is -0.0924. The van der Waals surface area contributed by atoms with Crippen molar-refractivity contribution in [2.24, 2.45) is 4.99 Å². The lowest BCUT2D eigenvalue weighted by atomic mass is 10.4. The standard InChI is InChI=1S/C8H9N3O/c1-7-10-6-11(12-7)8-3-2-4-9-5-8/h2-7H,1H3. The third-order valence-electron chi connectivity index (χ3n) is 1.55. The molecule has 0 fully saturated rings. The van der Waals surface area contributed by atoms with Crippen LogP contribution >= 0.6 is 0 Å². The van der Waals surface area contributed by atoms with Gasteiger partial charge in [0.2, 0.25) is 0 Å². The van der Waals surface area contributed by atoms with Crippen LogP contribution in [0.25, 0.3) is 0 Å². The van der Waals surface area contributed by atoms with Gasteiger partial charge in [0, 0.05) is 6.20 Å². The van der Waals surface area contributed by atoms with Crippen LogP contribution in [0.5, 0.6) is 0 Å². The van der Waals surface area contributed by atoms with Crippen molar-refractivity contribution in [2.45, 2.75) is 13.2 Å². The summed E-state index contributed by atoms with van der Waals surface area (Å²) in [5, 5.41) is 1.61. The molecule has 1 aliphatic heterocycles. The fraction of sp³-hybridized carbons (Fsp3) is 0.250. The first-order chi connectivity index (χ1) is 5.86. The summed E-state index contributed by atoms with van der Waals surface area (Å²) in [7, 11) is 0. The number of nitrogens with zero attached hydrogens (tertiary/aromatic N) is 3. The summed E-state index contributed by atoms with van der Waals surface area (Å²) in [6.45, 7) is 1.88. The number of aliphatic imine (C=N–C) groups is 1. The Morgan fingerprint density at radius 3 is 3.08 bits per heavy atom. The fourth-order valence-corrected chi connectivity index (χ4v) is 0.985. The summed E-state index contributed by atoms with van der Waals surface area (Å²) < 4.78 is 0. The molecule has 0 saturated carbocycles. The van der Waals surface area contributed by atoms with Crippen LogP contribution in [-0.2, 0) is 4.84 Å². The maximum Gasteiger partial charge on any atom is 0.174 e. The number of anilines is 1. The van der Waals surface area contributed by atoms with Crippen LogP contribution in [-0.4, -0.2) is 17.6 Å². The Balaban J connectivity index is 2.18. The Morgan fingerprint density at radius 1 is 1.58 bits per heavy atom. The van der Waals surface area contributed by atoms with E-state index in [0.29, 0.717) is 0 Å². The van der Waals surface area contributed by atoms with Gasteiger partial charge in [-0.1, -0.05) is 0 Å². The third kappa shape index (κ3) is 1.29. The molecule has 1 atom stereocenters. The Hall–Kier alpha value is -1.42. The maximum absolute atomic E-state index is 5.32. The van der Waals surface area contributed by atoms with E-state index in [1.54, 1.807) is 23.8 Å². The molecule has 0 N–H and O–H groups in total. The van der Waals surface area contributed by atoms with Crippen LogP contribution in [0.1, 0.15) is 6.92 Å². The highest BCUT2D eigenvalue weighted by Gasteiger charge is 2.14. The zero-order valence-corrected chi connectivity index (χ0v) is 6.71. The smallest absolute Gasteiger partial charge is 0.174 e. The van der Waals surface area contributed by atoms with Gasteiger partial charge in [0.1, 0.15) is 6.34 Å². The normalized spacial score (nSPS) is 21.8. The molecule has 62 valence electrons. The summed E-state index contributed by atoms with van der Waals surface area (Å²) in [6, 6.07) is 3.77. The molecule has 0 spiro atoms. The molecule has 0 amide bonds. The zero-order valence-electron chi connectivity index (χ0n) is 6.71. The van der Waals surface area contributed by atoms with E-state index in [9.17, 15) is 0 Å². The van der Waals surface area contributed by atoms with Gasteiger partial charge in [-0.3, -0.25) is 4.98 Å². The Morgan fingerprint density at radius 2 is 2.50 bits per heavy atom. The van der Waals surface area contributed by atoms with Gasteiger partial charge in [0.15, 0.2) is 6.23 Å². The van der Waals surface area contributed by atoms with Gasteiger partial charge in [0.25, 0.3) is 0 Å². The van der Waals surface area contributed by atoms with Crippen molar-refractivity contribution in [1.82, 2.24) is 4.98 Å². The number of aromatic nitrogens is 1. The molecule has 0 saturated heterocycles. The molecular weight excluding hydrogens is 154 g/mol. The molecule has 0 radical (unpaired) electrons. The maximum atomic E-state index is 5.32. The van der Waals surface area contributed by atoms with E-state index in [2.05, 4.69) is 9.98 Å². The predicted octanol–water partition coefficient (Wildman–Crippen LogP) is 1.21. The van der Waals surface area contributed by atoms with E-state index in [-0.39, 0.29) is 6.23 Å². The molecule has 1 aromatic heterocycles. The topological polar surface area (TPSA) is 37.7 Å². The number of hydroxylamine groups is 1. The van der Waals surface area contributed by atoms with Gasteiger partial charge >= 0.3 is 0 Å². The van der Waals surface area contributed by atoms with E-state index in [0.717, 1.165) is 5.69 Å². The second-order valence-corrected chi connectivity index (χ2v) is 2.51. The van der Waals surface area contributed by atoms with Crippen LogP contribution in [0.3, 0.4) is 0 Å². The number of hydrogen-bond donors (Lipinski definition) is 0. The van der Waals surface area contributed by atoms with Gasteiger partial charge in [-0.15, -0.1) is 0 Å². The van der Waals surface area contributed by atoms with Crippen molar-refractivity contribution in [3.05, 3.63) is 24.5 Å². The van der Waals surface area contributed by atoms with E-state index in [1.807, 2.05) is 19.1 Å². The summed E-state index contributed by atoms with van der Waals surface area (Å²) in [4.78, 5) is 13.3. The number of hydrogen-bond acceptors (Lipinski definition) is 4. The Bertz CT molecular complexity index is 286. The van der Waals surface area contributed by atoms with Crippen LogP contribution < -0.4 is 5.06 Å². The Kier molecular flexibility index (Phi) is 1.75. The van der Waals surface area contributed by atoms with Gasteiger partial charge in [-0.25, -0.2) is 14.9 Å². The van der Waals surface area contributed by atoms with Gasteiger partial charge in [-0.2, -0.15) is 0 Å². The minimum Gasteiger partial charge on any atom is -0.262 e. The van der Waals surface area contributed by atoms with E-state index in [1.165, 1.54) is 0 Å². The van der Waals surface area contributed by atoms with Crippen molar-refractivity contribution < 1.29 is 4.84 Å². The van der Waals surface area contributed by atoms with Crippen molar-refractivity contribution >= 4 is 12.0 Å². The zero-order chi connectivity index (χ0) is 8.39. The fourth-order valence-electron chi connectivity index (χ4n) is 0.985. The van der Waals surface area contributed by atoms with Crippen molar-refractivity contribution in [1.29, 1.82) is 0 Å². The van der Waals surface area contributed by atoms with Gasteiger partial charge < -0.3 is 0 Å². The third-order valence-corrected chi connectivity index (χ3v) is 1.55. The van der Waals surface area contributed by atoms with Crippen molar-refractivity contribution in [3.63, 3.8) is 0 Å². The summed E-state index contributed by atoms with van der Waals surface area (Å²) in [6.07, 6.45) is 5.01. The molecule has 0 aliphatic carbocycles. The lowest BCUT2D eigenvalue weighted by Gasteiger charge is -2.12. The first-order valence-corrected chi connectivity index (χ1v) is 3.75. The molecule has 4 nitrogen and oxygen atoms in total. The van der Waals surface area contributed by atoms with E-state index < -0.39 is 0 Å². The highest BCUT2D eigenvalue weighted by atomic mass is 16.7. The molecule has 0 aromatic carbocycles. The largest absolute Gasteiger partial charge is 0.262 e. The highest BCUT2D eigenvalue weighted by molar-refractivity contribution is 5.77. The molecular formula is C8H9N3O.